The predicted molar refractivity (Wildman–Crippen MR) is 93.9 cm³/mol. The molecule has 0 aliphatic rings. The van der Waals surface area contributed by atoms with Crippen molar-refractivity contribution in [3.05, 3.63) is 71.1 Å². The lowest BCUT2D eigenvalue weighted by atomic mass is 10.0. The highest BCUT2D eigenvalue weighted by Crippen LogP contribution is 2.18. The third-order valence-electron chi connectivity index (χ3n) is 4.27. The van der Waals surface area contributed by atoms with Crippen LogP contribution in [0.1, 0.15) is 40.9 Å². The van der Waals surface area contributed by atoms with E-state index < -0.39 is 0 Å². The predicted octanol–water partition coefficient (Wildman–Crippen LogP) is 3.05. The molecule has 25 heavy (non-hydrogen) atoms. The quantitative estimate of drug-likeness (QED) is 0.693. The molecular formula is C19H22N4O2. The van der Waals surface area contributed by atoms with E-state index in [1.807, 2.05) is 44.2 Å². The number of aromatic nitrogens is 3. The molecule has 0 spiro atoms. The van der Waals surface area contributed by atoms with Crippen molar-refractivity contribution in [3.63, 3.8) is 0 Å². The Morgan fingerprint density at radius 3 is 2.72 bits per heavy atom. The summed E-state index contributed by atoms with van der Waals surface area (Å²) in [5.74, 6) is 1.63. The number of H-pyrrole nitrogens is 1. The van der Waals surface area contributed by atoms with Crippen molar-refractivity contribution in [2.24, 2.45) is 0 Å². The fraction of sp³-hybridized carbons (Fsp3) is 0.316. The minimum Gasteiger partial charge on any atom is -0.361 e. The topological polar surface area (TPSA) is 83.8 Å². The first-order chi connectivity index (χ1) is 12.1. The largest absolute Gasteiger partial charge is 0.361 e. The molecule has 1 aromatic carbocycles. The fourth-order valence-electron chi connectivity index (χ4n) is 2.90. The summed E-state index contributed by atoms with van der Waals surface area (Å²) in [6.45, 7) is 3.77. The van der Waals surface area contributed by atoms with Crippen molar-refractivity contribution in [3.8, 4) is 0 Å². The van der Waals surface area contributed by atoms with E-state index in [-0.39, 0.29) is 11.9 Å². The molecule has 0 saturated heterocycles. The number of imidazole rings is 1. The molecule has 0 bridgehead atoms. The minimum atomic E-state index is -0.121. The van der Waals surface area contributed by atoms with Crippen LogP contribution in [-0.4, -0.2) is 21.0 Å². The first-order valence-electron chi connectivity index (χ1n) is 8.38. The molecule has 2 N–H and O–H groups in total. The standard InChI is InChI=1S/C19H22N4O2/c1-13-16(14(2)25-23-13)8-9-19(24)22-17(12-18-20-10-11-21-18)15-6-4-3-5-7-15/h3-7,10-11,17H,8-9,12H2,1-2H3,(H,20,21)(H,22,24)/t17-/m0/s1. The van der Waals surface area contributed by atoms with Gasteiger partial charge in [-0.1, -0.05) is 35.5 Å². The summed E-state index contributed by atoms with van der Waals surface area (Å²) in [5.41, 5.74) is 2.92. The number of nitrogens with one attached hydrogen (secondary N) is 2. The van der Waals surface area contributed by atoms with Crippen molar-refractivity contribution in [2.45, 2.75) is 39.2 Å². The molecule has 0 fully saturated rings. The zero-order valence-electron chi connectivity index (χ0n) is 14.5. The smallest absolute Gasteiger partial charge is 0.220 e. The zero-order valence-corrected chi connectivity index (χ0v) is 14.5. The monoisotopic (exact) mass is 338 g/mol. The first-order valence-corrected chi connectivity index (χ1v) is 8.38. The Hall–Kier alpha value is -2.89. The number of aromatic amines is 1. The molecule has 6 nitrogen and oxygen atoms in total. The lowest BCUT2D eigenvalue weighted by molar-refractivity contribution is -0.121. The second-order valence-electron chi connectivity index (χ2n) is 6.07. The van der Waals surface area contributed by atoms with Gasteiger partial charge in [-0.15, -0.1) is 0 Å². The molecule has 1 amide bonds. The van der Waals surface area contributed by atoms with Gasteiger partial charge in [0.2, 0.25) is 5.91 Å². The Balaban J connectivity index is 1.66. The van der Waals surface area contributed by atoms with Crippen LogP contribution in [-0.2, 0) is 17.6 Å². The number of aryl methyl sites for hydroxylation is 2. The zero-order chi connectivity index (χ0) is 17.6. The third kappa shape index (κ3) is 4.35. The lowest BCUT2D eigenvalue weighted by Crippen LogP contribution is -2.30. The average molecular weight is 338 g/mol. The van der Waals surface area contributed by atoms with Crippen LogP contribution in [0.3, 0.4) is 0 Å². The molecule has 3 rings (SSSR count). The maximum atomic E-state index is 12.5. The van der Waals surface area contributed by atoms with Gasteiger partial charge in [0, 0.05) is 30.8 Å². The first kappa shape index (κ1) is 17.0. The van der Waals surface area contributed by atoms with E-state index in [0.717, 1.165) is 28.4 Å². The molecule has 6 heteroatoms. The molecule has 1 atom stereocenters. The Morgan fingerprint density at radius 1 is 1.28 bits per heavy atom. The molecular weight excluding hydrogens is 316 g/mol. The normalized spacial score (nSPS) is 12.1. The maximum Gasteiger partial charge on any atom is 0.220 e. The van der Waals surface area contributed by atoms with E-state index in [2.05, 4.69) is 20.4 Å². The molecule has 0 unspecified atom stereocenters. The minimum absolute atomic E-state index is 0.000379. The number of benzene rings is 1. The van der Waals surface area contributed by atoms with Gasteiger partial charge in [-0.2, -0.15) is 0 Å². The van der Waals surface area contributed by atoms with Crippen LogP contribution in [0, 0.1) is 13.8 Å². The maximum absolute atomic E-state index is 12.5. The second-order valence-corrected chi connectivity index (χ2v) is 6.07. The number of hydrogen-bond acceptors (Lipinski definition) is 4. The number of rotatable bonds is 7. The molecule has 2 heterocycles. The lowest BCUT2D eigenvalue weighted by Gasteiger charge is -2.18. The van der Waals surface area contributed by atoms with Crippen molar-refractivity contribution in [1.82, 2.24) is 20.4 Å². The van der Waals surface area contributed by atoms with Crippen LogP contribution < -0.4 is 5.32 Å². The summed E-state index contributed by atoms with van der Waals surface area (Å²) in [7, 11) is 0. The van der Waals surface area contributed by atoms with Crippen LogP contribution in [0.4, 0.5) is 0 Å². The number of carbonyl (C=O) groups excluding carboxylic acids is 1. The highest BCUT2D eigenvalue weighted by atomic mass is 16.5. The van der Waals surface area contributed by atoms with Crippen molar-refractivity contribution in [1.29, 1.82) is 0 Å². The summed E-state index contributed by atoms with van der Waals surface area (Å²) in [5, 5.41) is 7.06. The van der Waals surface area contributed by atoms with E-state index in [1.54, 1.807) is 12.4 Å². The van der Waals surface area contributed by atoms with Crippen LogP contribution in [0.5, 0.6) is 0 Å². The summed E-state index contributed by atoms with van der Waals surface area (Å²) in [6.07, 6.45) is 5.14. The SMILES string of the molecule is Cc1noc(C)c1CCC(=O)N[C@@H](Cc1ncc[nH]1)c1ccccc1. The number of nitrogens with zero attached hydrogens (tertiary/aromatic N) is 2. The van der Waals surface area contributed by atoms with Crippen LogP contribution in [0.2, 0.25) is 0 Å². The van der Waals surface area contributed by atoms with Gasteiger partial charge in [0.15, 0.2) is 0 Å². The molecule has 0 aliphatic carbocycles. The summed E-state index contributed by atoms with van der Waals surface area (Å²) in [6, 6.07) is 9.82. The Kier molecular flexibility index (Phi) is 5.28. The summed E-state index contributed by atoms with van der Waals surface area (Å²) in [4.78, 5) is 19.8. The van der Waals surface area contributed by atoms with Gasteiger partial charge in [0.1, 0.15) is 11.6 Å². The number of amides is 1. The van der Waals surface area contributed by atoms with Crippen molar-refractivity contribution >= 4 is 5.91 Å². The van der Waals surface area contributed by atoms with Crippen LogP contribution >= 0.6 is 0 Å². The Labute approximate surface area is 146 Å². The molecule has 0 radical (unpaired) electrons. The van der Waals surface area contributed by atoms with E-state index in [0.29, 0.717) is 19.3 Å². The second kappa shape index (κ2) is 7.79. The van der Waals surface area contributed by atoms with Gasteiger partial charge in [-0.3, -0.25) is 4.79 Å². The van der Waals surface area contributed by atoms with E-state index in [1.165, 1.54) is 0 Å². The van der Waals surface area contributed by atoms with E-state index >= 15 is 0 Å². The van der Waals surface area contributed by atoms with Crippen LogP contribution in [0.25, 0.3) is 0 Å². The number of hydrogen-bond donors (Lipinski definition) is 2. The molecule has 3 aromatic rings. The molecule has 2 aromatic heterocycles. The van der Waals surface area contributed by atoms with E-state index in [4.69, 9.17) is 4.52 Å². The van der Waals surface area contributed by atoms with Gasteiger partial charge >= 0.3 is 0 Å². The van der Waals surface area contributed by atoms with Gasteiger partial charge in [0.25, 0.3) is 0 Å². The van der Waals surface area contributed by atoms with Crippen LogP contribution in [0.15, 0.2) is 47.2 Å². The summed E-state index contributed by atoms with van der Waals surface area (Å²) < 4.78 is 5.15. The van der Waals surface area contributed by atoms with Gasteiger partial charge in [-0.25, -0.2) is 4.98 Å². The molecule has 0 saturated carbocycles. The average Bonchev–Trinajstić information content (AvgIpc) is 3.24. The Bertz CT molecular complexity index is 790. The fourth-order valence-corrected chi connectivity index (χ4v) is 2.90. The number of carbonyl (C=O) groups is 1. The van der Waals surface area contributed by atoms with Crippen molar-refractivity contribution < 1.29 is 9.32 Å². The van der Waals surface area contributed by atoms with Gasteiger partial charge < -0.3 is 14.8 Å². The molecule has 0 aliphatic heterocycles. The summed E-state index contributed by atoms with van der Waals surface area (Å²) >= 11 is 0. The third-order valence-corrected chi connectivity index (χ3v) is 4.27. The Morgan fingerprint density at radius 2 is 2.08 bits per heavy atom. The van der Waals surface area contributed by atoms with Crippen molar-refractivity contribution in [2.75, 3.05) is 0 Å². The van der Waals surface area contributed by atoms with E-state index in [9.17, 15) is 4.79 Å². The van der Waals surface area contributed by atoms with Gasteiger partial charge in [0.05, 0.1) is 11.7 Å². The van der Waals surface area contributed by atoms with Gasteiger partial charge in [-0.05, 0) is 25.8 Å². The highest BCUT2D eigenvalue weighted by Gasteiger charge is 2.17. The molecule has 130 valence electrons. The highest BCUT2D eigenvalue weighted by molar-refractivity contribution is 5.76.